The number of nitrogens with zero attached hydrogens (tertiary/aromatic N) is 1. The first-order valence-corrected chi connectivity index (χ1v) is 6.92. The smallest absolute Gasteiger partial charge is 0.284 e. The number of carbonyl (C=O) groups is 1. The van der Waals surface area contributed by atoms with Crippen LogP contribution in [-0.2, 0) is 0 Å². The van der Waals surface area contributed by atoms with E-state index in [1.165, 1.54) is 10.9 Å². The molecule has 5 heteroatoms. The van der Waals surface area contributed by atoms with Gasteiger partial charge in [0.05, 0.1) is 5.69 Å². The Hall–Kier alpha value is -2.30. The van der Waals surface area contributed by atoms with E-state index in [1.807, 2.05) is 30.3 Å². The molecule has 1 fully saturated rings. The Morgan fingerprint density at radius 2 is 1.90 bits per heavy atom. The summed E-state index contributed by atoms with van der Waals surface area (Å²) in [6.45, 7) is 0. The summed E-state index contributed by atoms with van der Waals surface area (Å²) < 4.78 is 1.38. The van der Waals surface area contributed by atoms with Gasteiger partial charge in [-0.3, -0.25) is 14.7 Å². The molecule has 2 N–H and O–H groups in total. The maximum Gasteiger partial charge on any atom is 0.284 e. The summed E-state index contributed by atoms with van der Waals surface area (Å²) in [4.78, 5) is 24.4. The first-order valence-electron chi connectivity index (χ1n) is 6.92. The zero-order valence-electron chi connectivity index (χ0n) is 11.1. The molecule has 0 radical (unpaired) electrons. The van der Waals surface area contributed by atoms with Crippen LogP contribution >= 0.6 is 0 Å². The number of nitrogens with one attached hydrogen (secondary N) is 2. The van der Waals surface area contributed by atoms with E-state index in [0.29, 0.717) is 0 Å². The van der Waals surface area contributed by atoms with Gasteiger partial charge < -0.3 is 5.32 Å². The quantitative estimate of drug-likeness (QED) is 0.894. The normalized spacial score (nSPS) is 15.4. The Morgan fingerprint density at radius 1 is 1.20 bits per heavy atom. The topological polar surface area (TPSA) is 66.9 Å². The van der Waals surface area contributed by atoms with Crippen molar-refractivity contribution in [2.75, 3.05) is 0 Å². The van der Waals surface area contributed by atoms with Crippen molar-refractivity contribution >= 4 is 5.91 Å². The molecule has 1 amide bonds. The second kappa shape index (κ2) is 5.36. The van der Waals surface area contributed by atoms with Crippen LogP contribution < -0.4 is 10.9 Å². The molecule has 1 heterocycles. The monoisotopic (exact) mass is 271 g/mol. The van der Waals surface area contributed by atoms with Crippen LogP contribution in [-0.4, -0.2) is 21.7 Å². The fourth-order valence-corrected chi connectivity index (χ4v) is 2.63. The number of carbonyl (C=O) groups excluding carboxylic acids is 1. The highest BCUT2D eigenvalue weighted by molar-refractivity contribution is 5.93. The van der Waals surface area contributed by atoms with Crippen LogP contribution in [0.5, 0.6) is 0 Å². The molecule has 20 heavy (non-hydrogen) atoms. The molecule has 0 bridgehead atoms. The molecule has 3 rings (SSSR count). The maximum absolute atomic E-state index is 12.3. The Kier molecular flexibility index (Phi) is 3.41. The van der Waals surface area contributed by atoms with Gasteiger partial charge in [0.2, 0.25) is 0 Å². The lowest BCUT2D eigenvalue weighted by molar-refractivity contribution is 0.0937. The van der Waals surface area contributed by atoms with E-state index in [2.05, 4.69) is 10.4 Å². The number of amides is 1. The minimum atomic E-state index is -0.313. The minimum absolute atomic E-state index is 0.167. The van der Waals surface area contributed by atoms with E-state index < -0.39 is 0 Å². The van der Waals surface area contributed by atoms with Gasteiger partial charge in [-0.2, -0.15) is 0 Å². The molecule has 0 saturated heterocycles. The highest BCUT2D eigenvalue weighted by Gasteiger charge is 2.21. The largest absolute Gasteiger partial charge is 0.349 e. The van der Waals surface area contributed by atoms with Crippen molar-refractivity contribution in [1.29, 1.82) is 0 Å². The number of aromatic nitrogens is 2. The fourth-order valence-electron chi connectivity index (χ4n) is 2.63. The van der Waals surface area contributed by atoms with Gasteiger partial charge >= 0.3 is 0 Å². The zero-order valence-corrected chi connectivity index (χ0v) is 11.1. The summed E-state index contributed by atoms with van der Waals surface area (Å²) in [5, 5.41) is 5.77. The Morgan fingerprint density at radius 3 is 2.60 bits per heavy atom. The summed E-state index contributed by atoms with van der Waals surface area (Å²) >= 11 is 0. The zero-order chi connectivity index (χ0) is 13.9. The van der Waals surface area contributed by atoms with Crippen LogP contribution in [0, 0.1) is 0 Å². The Balaban J connectivity index is 1.83. The van der Waals surface area contributed by atoms with Gasteiger partial charge in [-0.05, 0) is 25.0 Å². The van der Waals surface area contributed by atoms with Gasteiger partial charge in [0, 0.05) is 12.2 Å². The predicted molar refractivity (Wildman–Crippen MR) is 76.1 cm³/mol. The second-order valence-electron chi connectivity index (χ2n) is 5.12. The van der Waals surface area contributed by atoms with Crippen molar-refractivity contribution < 1.29 is 4.79 Å². The Labute approximate surface area is 116 Å². The lowest BCUT2D eigenvalue weighted by Gasteiger charge is -2.09. The highest BCUT2D eigenvalue weighted by atomic mass is 16.2. The van der Waals surface area contributed by atoms with E-state index in [4.69, 9.17) is 0 Å². The summed E-state index contributed by atoms with van der Waals surface area (Å²) in [6, 6.07) is 9.42. The summed E-state index contributed by atoms with van der Waals surface area (Å²) in [5.41, 5.74) is 0.574. The number of H-pyrrole nitrogens is 1. The van der Waals surface area contributed by atoms with Crippen LogP contribution in [0.1, 0.15) is 36.0 Å². The van der Waals surface area contributed by atoms with Crippen LogP contribution in [0.25, 0.3) is 5.69 Å². The molecule has 0 spiro atoms. The maximum atomic E-state index is 12.3. The van der Waals surface area contributed by atoms with Gasteiger partial charge in [-0.25, -0.2) is 4.68 Å². The van der Waals surface area contributed by atoms with Gasteiger partial charge in [-0.1, -0.05) is 31.0 Å². The first-order chi connectivity index (χ1) is 9.75. The lowest BCUT2D eigenvalue weighted by atomic mass is 10.2. The summed E-state index contributed by atoms with van der Waals surface area (Å²) in [7, 11) is 0. The number of aromatic amines is 1. The first kappa shape index (κ1) is 12.7. The fraction of sp³-hybridized carbons (Fsp3) is 0.333. The molecule has 0 aliphatic heterocycles. The number of para-hydroxylation sites is 1. The van der Waals surface area contributed by atoms with Crippen molar-refractivity contribution in [2.24, 2.45) is 0 Å². The molecule has 0 atom stereocenters. The van der Waals surface area contributed by atoms with Crippen molar-refractivity contribution in [2.45, 2.75) is 31.7 Å². The molecule has 1 aromatic heterocycles. The molecule has 1 saturated carbocycles. The van der Waals surface area contributed by atoms with E-state index in [0.717, 1.165) is 31.4 Å². The molecule has 5 nitrogen and oxygen atoms in total. The van der Waals surface area contributed by atoms with Crippen molar-refractivity contribution in [3.8, 4) is 5.69 Å². The molecule has 1 aliphatic carbocycles. The molecule has 2 aromatic rings. The average Bonchev–Trinajstić information content (AvgIpc) is 3.09. The molecule has 0 unspecified atom stereocenters. The average molecular weight is 271 g/mol. The second-order valence-corrected chi connectivity index (χ2v) is 5.12. The molecule has 1 aliphatic rings. The van der Waals surface area contributed by atoms with Crippen molar-refractivity contribution in [3.63, 3.8) is 0 Å². The predicted octanol–water partition coefficient (Wildman–Crippen LogP) is 1.84. The molecular weight excluding hydrogens is 254 g/mol. The molecule has 104 valence electrons. The molecular formula is C15H17N3O2. The van der Waals surface area contributed by atoms with Gasteiger partial charge in [0.15, 0.2) is 0 Å². The van der Waals surface area contributed by atoms with E-state index in [-0.39, 0.29) is 23.1 Å². The summed E-state index contributed by atoms with van der Waals surface area (Å²) in [5.74, 6) is -0.284. The third-order valence-electron chi connectivity index (χ3n) is 3.72. The van der Waals surface area contributed by atoms with E-state index in [9.17, 15) is 9.59 Å². The van der Waals surface area contributed by atoms with Crippen LogP contribution in [0.4, 0.5) is 0 Å². The summed E-state index contributed by atoms with van der Waals surface area (Å²) in [6.07, 6.45) is 5.77. The van der Waals surface area contributed by atoms with Gasteiger partial charge in [-0.15, -0.1) is 0 Å². The Bertz CT molecular complexity index is 651. The highest BCUT2D eigenvalue weighted by Crippen LogP contribution is 2.17. The third-order valence-corrected chi connectivity index (χ3v) is 3.72. The number of hydrogen-bond donors (Lipinski definition) is 2. The van der Waals surface area contributed by atoms with Crippen LogP contribution in [0.2, 0.25) is 0 Å². The number of benzene rings is 1. The van der Waals surface area contributed by atoms with E-state index in [1.54, 1.807) is 0 Å². The number of hydrogen-bond acceptors (Lipinski definition) is 2. The van der Waals surface area contributed by atoms with E-state index >= 15 is 0 Å². The number of rotatable bonds is 3. The third kappa shape index (κ3) is 2.39. The lowest BCUT2D eigenvalue weighted by Crippen LogP contribution is -2.35. The van der Waals surface area contributed by atoms with Crippen molar-refractivity contribution in [3.05, 3.63) is 52.4 Å². The molecule has 1 aromatic carbocycles. The van der Waals surface area contributed by atoms with Gasteiger partial charge in [0.1, 0.15) is 5.56 Å². The van der Waals surface area contributed by atoms with Gasteiger partial charge in [0.25, 0.3) is 11.5 Å². The SMILES string of the molecule is O=C(NC1CCCC1)c1c[nH]n(-c2ccccc2)c1=O. The minimum Gasteiger partial charge on any atom is -0.349 e. The van der Waals surface area contributed by atoms with Crippen molar-refractivity contribution in [1.82, 2.24) is 15.1 Å². The van der Waals surface area contributed by atoms with Crippen LogP contribution in [0.15, 0.2) is 41.3 Å². The standard InChI is InChI=1S/C15H17N3O2/c19-14(17-11-6-4-5-7-11)13-10-16-18(15(13)20)12-8-2-1-3-9-12/h1-3,8-11,16H,4-7H2,(H,17,19). The van der Waals surface area contributed by atoms with Crippen LogP contribution in [0.3, 0.4) is 0 Å².